The van der Waals surface area contributed by atoms with Crippen LogP contribution in [0, 0.1) is 0 Å². The van der Waals surface area contributed by atoms with E-state index in [2.05, 4.69) is 30.1 Å². The molecule has 0 radical (unpaired) electrons. The average molecular weight is 426 g/mol. The van der Waals surface area contributed by atoms with Crippen LogP contribution in [0.15, 0.2) is 30.3 Å². The molecule has 0 N–H and O–H groups in total. The summed E-state index contributed by atoms with van der Waals surface area (Å²) >= 11 is 0. The molecule has 0 spiro atoms. The van der Waals surface area contributed by atoms with E-state index in [-0.39, 0.29) is 29.0 Å². The minimum Gasteiger partial charge on any atom is -0.481 e. The number of methoxy groups -OCH3 is 3. The van der Waals surface area contributed by atoms with Gasteiger partial charge in [0.1, 0.15) is 5.75 Å². The minimum absolute atomic E-state index is 0.0213. The van der Waals surface area contributed by atoms with Crippen LogP contribution in [0.5, 0.6) is 17.5 Å². The Labute approximate surface area is 168 Å². The van der Waals surface area contributed by atoms with Crippen molar-refractivity contribution in [2.24, 2.45) is 7.05 Å². The molecule has 1 unspecified atom stereocenters. The van der Waals surface area contributed by atoms with E-state index in [1.165, 1.54) is 46.6 Å². The number of nitrogens with zero attached hydrogens (tertiary/aromatic N) is 6. The molecule has 160 valence electrons. The number of alkyl halides is 3. The van der Waals surface area contributed by atoms with E-state index in [1.54, 1.807) is 0 Å². The Balaban J connectivity index is 2.28. The first kappa shape index (κ1) is 21.2. The van der Waals surface area contributed by atoms with Crippen LogP contribution < -0.4 is 14.2 Å². The summed E-state index contributed by atoms with van der Waals surface area (Å²) in [5.74, 6) is -0.278. The number of benzene rings is 1. The highest BCUT2D eigenvalue weighted by atomic mass is 19.4. The van der Waals surface area contributed by atoms with Crippen LogP contribution in [0.25, 0.3) is 0 Å². The van der Waals surface area contributed by atoms with Gasteiger partial charge in [0.2, 0.25) is 23.2 Å². The summed E-state index contributed by atoms with van der Waals surface area (Å²) < 4.78 is 58.4. The molecule has 0 aliphatic heterocycles. The normalized spacial score (nSPS) is 13.6. The van der Waals surface area contributed by atoms with E-state index in [9.17, 15) is 13.2 Å². The van der Waals surface area contributed by atoms with Gasteiger partial charge in [0.15, 0.2) is 5.82 Å². The van der Waals surface area contributed by atoms with E-state index in [0.717, 1.165) is 16.9 Å². The topological polar surface area (TPSA) is 106 Å². The second-order valence-electron chi connectivity index (χ2n) is 5.84. The Kier molecular flexibility index (Phi) is 5.73. The number of ether oxygens (including phenoxy) is 4. The van der Waals surface area contributed by atoms with Crippen molar-refractivity contribution in [2.45, 2.75) is 12.0 Å². The van der Waals surface area contributed by atoms with Gasteiger partial charge in [-0.05, 0) is 17.3 Å². The van der Waals surface area contributed by atoms with Crippen molar-refractivity contribution in [1.29, 1.82) is 0 Å². The van der Waals surface area contributed by atoms with Crippen molar-refractivity contribution in [3.05, 3.63) is 47.5 Å². The fourth-order valence-corrected chi connectivity index (χ4v) is 2.77. The highest BCUT2D eigenvalue weighted by molar-refractivity contribution is 5.42. The molecule has 0 amide bonds. The van der Waals surface area contributed by atoms with E-state index in [1.807, 2.05) is 0 Å². The predicted octanol–water partition coefficient (Wildman–Crippen LogP) is 1.85. The van der Waals surface area contributed by atoms with Crippen LogP contribution >= 0.6 is 0 Å². The summed E-state index contributed by atoms with van der Waals surface area (Å²) in [5, 5.41) is 11.9. The van der Waals surface area contributed by atoms with E-state index < -0.39 is 17.7 Å². The summed E-state index contributed by atoms with van der Waals surface area (Å²) in [4.78, 5) is 9.75. The molecule has 1 aromatic carbocycles. The van der Waals surface area contributed by atoms with Gasteiger partial charge >= 0.3 is 6.36 Å². The van der Waals surface area contributed by atoms with Gasteiger partial charge in [-0.1, -0.05) is 12.1 Å². The fourth-order valence-electron chi connectivity index (χ4n) is 2.77. The Morgan fingerprint density at radius 2 is 1.60 bits per heavy atom. The highest BCUT2D eigenvalue weighted by Gasteiger charge is 2.45. The van der Waals surface area contributed by atoms with Crippen molar-refractivity contribution in [1.82, 2.24) is 30.2 Å². The highest BCUT2D eigenvalue weighted by Crippen LogP contribution is 2.39. The summed E-state index contributed by atoms with van der Waals surface area (Å²) in [6.45, 7) is 0. The summed E-state index contributed by atoms with van der Waals surface area (Å²) in [5.41, 5.74) is -1.59. The first-order valence-electron chi connectivity index (χ1n) is 8.35. The molecule has 0 aliphatic carbocycles. The number of tetrazole rings is 1. The third-order valence-corrected chi connectivity index (χ3v) is 4.02. The first-order valence-corrected chi connectivity index (χ1v) is 8.35. The molecule has 0 aliphatic rings. The molecule has 0 saturated carbocycles. The third-order valence-electron chi connectivity index (χ3n) is 4.02. The largest absolute Gasteiger partial charge is 0.573 e. The SMILES string of the molecule is COc1cc(OC)nc(C(OC)(c2cccc(OC(F)(F)F)c2)c2nnn(C)n2)n1. The Morgan fingerprint density at radius 1 is 0.933 bits per heavy atom. The molecule has 0 fully saturated rings. The minimum atomic E-state index is -4.88. The lowest BCUT2D eigenvalue weighted by molar-refractivity contribution is -0.274. The number of hydrogen-bond acceptors (Lipinski definition) is 9. The van der Waals surface area contributed by atoms with Gasteiger partial charge in [0.05, 0.1) is 27.3 Å². The van der Waals surface area contributed by atoms with Gasteiger partial charge in [-0.15, -0.1) is 23.4 Å². The van der Waals surface area contributed by atoms with Gasteiger partial charge in [0, 0.05) is 12.7 Å². The third kappa shape index (κ3) is 4.10. The lowest BCUT2D eigenvalue weighted by Crippen LogP contribution is -2.35. The van der Waals surface area contributed by atoms with Gasteiger partial charge in [0.25, 0.3) is 0 Å². The summed E-state index contributed by atoms with van der Waals surface area (Å²) in [6.07, 6.45) is -4.88. The maximum atomic E-state index is 12.7. The van der Waals surface area contributed by atoms with Crippen LogP contribution in [0.4, 0.5) is 13.2 Å². The summed E-state index contributed by atoms with van der Waals surface area (Å²) in [6, 6.07) is 6.56. The number of aromatic nitrogens is 6. The number of rotatable bonds is 7. The zero-order valence-corrected chi connectivity index (χ0v) is 16.3. The maximum Gasteiger partial charge on any atom is 0.573 e. The molecule has 0 saturated heterocycles. The monoisotopic (exact) mass is 426 g/mol. The van der Waals surface area contributed by atoms with E-state index in [0.29, 0.717) is 0 Å². The first-order chi connectivity index (χ1) is 14.2. The van der Waals surface area contributed by atoms with Crippen molar-refractivity contribution >= 4 is 0 Å². The Hall–Kier alpha value is -3.48. The smallest absolute Gasteiger partial charge is 0.481 e. The van der Waals surface area contributed by atoms with Crippen LogP contribution in [0.3, 0.4) is 0 Å². The quantitative estimate of drug-likeness (QED) is 0.559. The predicted molar refractivity (Wildman–Crippen MR) is 94.0 cm³/mol. The molecule has 30 heavy (non-hydrogen) atoms. The zero-order valence-electron chi connectivity index (χ0n) is 16.3. The van der Waals surface area contributed by atoms with Crippen molar-refractivity contribution in [2.75, 3.05) is 21.3 Å². The molecule has 2 aromatic heterocycles. The van der Waals surface area contributed by atoms with E-state index >= 15 is 0 Å². The van der Waals surface area contributed by atoms with Crippen molar-refractivity contribution in [3.63, 3.8) is 0 Å². The standard InChI is InChI=1S/C17H17F3N6O4/c1-26-24-15(23-25-26)16(29-4,14-21-12(27-2)9-13(22-14)28-3)10-6-5-7-11(8-10)30-17(18,19)20/h5-9H,1-4H3. The fraction of sp³-hybridized carbons (Fsp3) is 0.353. The molecular weight excluding hydrogens is 409 g/mol. The maximum absolute atomic E-state index is 12.7. The van der Waals surface area contributed by atoms with Crippen molar-refractivity contribution in [3.8, 4) is 17.5 Å². The molecule has 3 rings (SSSR count). The number of halogens is 3. The number of hydrogen-bond donors (Lipinski definition) is 0. The number of aryl methyl sites for hydroxylation is 1. The van der Waals surface area contributed by atoms with Gasteiger partial charge < -0.3 is 18.9 Å². The van der Waals surface area contributed by atoms with E-state index in [4.69, 9.17) is 14.2 Å². The van der Waals surface area contributed by atoms with Crippen molar-refractivity contribution < 1.29 is 32.1 Å². The summed E-state index contributed by atoms with van der Waals surface area (Å²) in [7, 11) is 5.60. The van der Waals surface area contributed by atoms with Crippen LogP contribution in [0.1, 0.15) is 17.2 Å². The lowest BCUT2D eigenvalue weighted by Gasteiger charge is -2.29. The van der Waals surface area contributed by atoms with Crippen LogP contribution in [-0.2, 0) is 17.4 Å². The van der Waals surface area contributed by atoms with Crippen LogP contribution in [0.2, 0.25) is 0 Å². The van der Waals surface area contributed by atoms with Crippen LogP contribution in [-0.4, -0.2) is 57.9 Å². The molecule has 3 aromatic rings. The lowest BCUT2D eigenvalue weighted by atomic mass is 9.91. The molecule has 10 nitrogen and oxygen atoms in total. The second-order valence-corrected chi connectivity index (χ2v) is 5.84. The molecular formula is C17H17F3N6O4. The zero-order chi connectivity index (χ0) is 21.9. The molecule has 13 heteroatoms. The van der Waals surface area contributed by atoms with Gasteiger partial charge in [-0.3, -0.25) is 0 Å². The Bertz CT molecular complexity index is 1010. The van der Waals surface area contributed by atoms with Gasteiger partial charge in [-0.25, -0.2) is 0 Å². The second kappa shape index (κ2) is 8.10. The Morgan fingerprint density at radius 3 is 2.10 bits per heavy atom. The molecule has 0 bridgehead atoms. The molecule has 1 atom stereocenters. The molecule has 2 heterocycles. The average Bonchev–Trinajstić information content (AvgIpc) is 3.14. The van der Waals surface area contributed by atoms with Gasteiger partial charge in [-0.2, -0.15) is 14.8 Å².